The first kappa shape index (κ1) is 11.7. The van der Waals surface area contributed by atoms with E-state index in [2.05, 4.69) is 0 Å². The van der Waals surface area contributed by atoms with Crippen LogP contribution in [0.4, 0.5) is 5.69 Å². The third kappa shape index (κ3) is 1.82. The topological polar surface area (TPSA) is 61.5 Å². The first-order valence-corrected chi connectivity index (χ1v) is 6.20. The predicted octanol–water partition coefficient (Wildman–Crippen LogP) is 1.85. The van der Waals surface area contributed by atoms with E-state index in [0.29, 0.717) is 6.42 Å². The molecule has 3 atom stereocenters. The summed E-state index contributed by atoms with van der Waals surface area (Å²) in [7, 11) is 0. The lowest BCUT2D eigenvalue weighted by atomic mass is 9.95. The Kier molecular flexibility index (Phi) is 2.47. The minimum Gasteiger partial charge on any atom is -0.399 e. The van der Waals surface area contributed by atoms with Crippen molar-refractivity contribution in [1.29, 1.82) is 0 Å². The molecule has 18 heavy (non-hydrogen) atoms. The van der Waals surface area contributed by atoms with Crippen molar-refractivity contribution in [2.75, 3.05) is 5.73 Å². The fourth-order valence-electron chi connectivity index (χ4n) is 2.83. The Bertz CT molecular complexity index is 480. The van der Waals surface area contributed by atoms with E-state index in [4.69, 9.17) is 15.2 Å². The molecule has 2 aliphatic rings. The Hall–Kier alpha value is -1.39. The van der Waals surface area contributed by atoms with Crippen molar-refractivity contribution >= 4 is 11.5 Å². The summed E-state index contributed by atoms with van der Waals surface area (Å²) in [5.41, 5.74) is 7.49. The van der Waals surface area contributed by atoms with Gasteiger partial charge in [-0.05, 0) is 31.5 Å². The number of carbonyl (C=O) groups is 1. The monoisotopic (exact) mass is 247 g/mol. The first-order valence-electron chi connectivity index (χ1n) is 6.20. The van der Waals surface area contributed by atoms with Gasteiger partial charge >= 0.3 is 0 Å². The molecular formula is C14H17NO3. The summed E-state index contributed by atoms with van der Waals surface area (Å²) in [4.78, 5) is 12.0. The van der Waals surface area contributed by atoms with Crippen LogP contribution in [0.15, 0.2) is 24.3 Å². The standard InChI is InChI=1S/C14H17NO3/c1-14(2)17-12-10(7-11(16)13(12)18-14)8-3-5-9(15)6-4-8/h3-6,10,12-13H,7,15H2,1-2H3/t10-,12-,13+/m1/s1. The molecule has 0 unspecified atom stereocenters. The van der Waals surface area contributed by atoms with Gasteiger partial charge in [-0.1, -0.05) is 12.1 Å². The second-order valence-electron chi connectivity index (χ2n) is 5.46. The molecule has 1 aromatic carbocycles. The summed E-state index contributed by atoms with van der Waals surface area (Å²) in [6.45, 7) is 3.69. The van der Waals surface area contributed by atoms with E-state index < -0.39 is 11.9 Å². The highest BCUT2D eigenvalue weighted by molar-refractivity contribution is 5.88. The van der Waals surface area contributed by atoms with E-state index in [0.717, 1.165) is 11.3 Å². The van der Waals surface area contributed by atoms with Gasteiger partial charge in [-0.25, -0.2) is 0 Å². The molecule has 0 amide bonds. The summed E-state index contributed by atoms with van der Waals surface area (Å²) in [5, 5.41) is 0. The molecule has 0 radical (unpaired) electrons. The van der Waals surface area contributed by atoms with Crippen LogP contribution in [-0.2, 0) is 14.3 Å². The van der Waals surface area contributed by atoms with Crippen LogP contribution < -0.4 is 5.73 Å². The molecule has 1 saturated heterocycles. The largest absolute Gasteiger partial charge is 0.399 e. The number of carbonyl (C=O) groups excluding carboxylic acids is 1. The maximum atomic E-state index is 12.0. The molecule has 4 nitrogen and oxygen atoms in total. The van der Waals surface area contributed by atoms with Crippen LogP contribution in [0, 0.1) is 0 Å². The fraction of sp³-hybridized carbons (Fsp3) is 0.500. The van der Waals surface area contributed by atoms with E-state index in [1.165, 1.54) is 0 Å². The molecule has 0 bridgehead atoms. The number of hydrogen-bond donors (Lipinski definition) is 1. The van der Waals surface area contributed by atoms with Crippen molar-refractivity contribution in [1.82, 2.24) is 0 Å². The number of hydrogen-bond acceptors (Lipinski definition) is 4. The van der Waals surface area contributed by atoms with E-state index in [9.17, 15) is 4.79 Å². The molecule has 0 spiro atoms. The number of anilines is 1. The summed E-state index contributed by atoms with van der Waals surface area (Å²) in [5.74, 6) is -0.463. The van der Waals surface area contributed by atoms with Gasteiger partial charge in [-0.2, -0.15) is 0 Å². The van der Waals surface area contributed by atoms with E-state index in [1.54, 1.807) is 0 Å². The van der Waals surface area contributed by atoms with Gasteiger partial charge in [0.05, 0.1) is 0 Å². The maximum absolute atomic E-state index is 12.0. The van der Waals surface area contributed by atoms with Crippen molar-refractivity contribution < 1.29 is 14.3 Å². The number of ether oxygens (including phenoxy) is 2. The van der Waals surface area contributed by atoms with Crippen molar-refractivity contribution in [3.8, 4) is 0 Å². The molecular weight excluding hydrogens is 230 g/mol. The highest BCUT2D eigenvalue weighted by Crippen LogP contribution is 2.44. The van der Waals surface area contributed by atoms with Crippen LogP contribution in [0.25, 0.3) is 0 Å². The maximum Gasteiger partial charge on any atom is 0.165 e. The average Bonchev–Trinajstić information content (AvgIpc) is 2.76. The van der Waals surface area contributed by atoms with Gasteiger partial charge in [0.1, 0.15) is 12.2 Å². The first-order chi connectivity index (χ1) is 8.46. The minimum absolute atomic E-state index is 0.0740. The molecule has 1 aliphatic carbocycles. The third-order valence-corrected chi connectivity index (χ3v) is 3.63. The van der Waals surface area contributed by atoms with E-state index >= 15 is 0 Å². The molecule has 4 heteroatoms. The molecule has 2 N–H and O–H groups in total. The van der Waals surface area contributed by atoms with Gasteiger partial charge in [0.2, 0.25) is 0 Å². The van der Waals surface area contributed by atoms with Gasteiger partial charge in [0, 0.05) is 18.0 Å². The lowest BCUT2D eigenvalue weighted by molar-refractivity contribution is -0.160. The molecule has 3 rings (SSSR count). The average molecular weight is 247 g/mol. The zero-order valence-corrected chi connectivity index (χ0v) is 10.6. The quantitative estimate of drug-likeness (QED) is 0.769. The second-order valence-corrected chi connectivity index (χ2v) is 5.46. The molecule has 1 aromatic rings. The molecule has 1 saturated carbocycles. The third-order valence-electron chi connectivity index (χ3n) is 3.63. The van der Waals surface area contributed by atoms with Crippen LogP contribution >= 0.6 is 0 Å². The summed E-state index contributed by atoms with van der Waals surface area (Å²) in [6, 6.07) is 7.64. The Morgan fingerprint density at radius 1 is 1.22 bits per heavy atom. The number of nitrogen functional groups attached to an aromatic ring is 1. The number of Topliss-reactive ketones (excluding diaryl/α,β-unsaturated/α-hetero) is 1. The normalized spacial score (nSPS) is 33.7. The van der Waals surface area contributed by atoms with Crippen LogP contribution in [0.3, 0.4) is 0 Å². The Morgan fingerprint density at radius 2 is 1.89 bits per heavy atom. The fourth-order valence-corrected chi connectivity index (χ4v) is 2.83. The van der Waals surface area contributed by atoms with Gasteiger partial charge < -0.3 is 15.2 Å². The second kappa shape index (κ2) is 3.80. The van der Waals surface area contributed by atoms with E-state index in [-0.39, 0.29) is 17.8 Å². The van der Waals surface area contributed by atoms with Gasteiger partial charge in [-0.3, -0.25) is 4.79 Å². The minimum atomic E-state index is -0.669. The van der Waals surface area contributed by atoms with Crippen molar-refractivity contribution in [3.63, 3.8) is 0 Å². The van der Waals surface area contributed by atoms with Gasteiger partial charge in [0.15, 0.2) is 11.6 Å². The number of fused-ring (bicyclic) bond motifs is 1. The Balaban J connectivity index is 1.90. The summed E-state index contributed by atoms with van der Waals surface area (Å²) < 4.78 is 11.5. The number of nitrogens with two attached hydrogens (primary N) is 1. The lowest BCUT2D eigenvalue weighted by Crippen LogP contribution is -2.25. The summed E-state index contributed by atoms with van der Waals surface area (Å²) >= 11 is 0. The van der Waals surface area contributed by atoms with Crippen LogP contribution in [0.1, 0.15) is 31.7 Å². The number of rotatable bonds is 1. The highest BCUT2D eigenvalue weighted by atomic mass is 16.8. The molecule has 1 heterocycles. The molecule has 0 aromatic heterocycles. The summed E-state index contributed by atoms with van der Waals surface area (Å²) in [6.07, 6.45) is -0.103. The highest BCUT2D eigenvalue weighted by Gasteiger charge is 2.53. The Labute approximate surface area is 106 Å². The van der Waals surface area contributed by atoms with Crippen LogP contribution in [-0.4, -0.2) is 23.8 Å². The van der Waals surface area contributed by atoms with E-state index in [1.807, 2.05) is 38.1 Å². The smallest absolute Gasteiger partial charge is 0.165 e. The number of benzene rings is 1. The Morgan fingerprint density at radius 3 is 2.56 bits per heavy atom. The van der Waals surface area contributed by atoms with Crippen molar-refractivity contribution in [2.24, 2.45) is 0 Å². The van der Waals surface area contributed by atoms with Gasteiger partial charge in [-0.15, -0.1) is 0 Å². The predicted molar refractivity (Wildman–Crippen MR) is 67.0 cm³/mol. The van der Waals surface area contributed by atoms with Crippen molar-refractivity contribution in [3.05, 3.63) is 29.8 Å². The lowest BCUT2D eigenvalue weighted by Gasteiger charge is -2.21. The molecule has 2 fully saturated rings. The van der Waals surface area contributed by atoms with Gasteiger partial charge in [0.25, 0.3) is 0 Å². The zero-order valence-electron chi connectivity index (χ0n) is 10.6. The SMILES string of the molecule is CC1(C)O[C@@H]2[C@@H](c3ccc(N)cc3)CC(=O)[C@@H]2O1. The molecule has 1 aliphatic heterocycles. The van der Waals surface area contributed by atoms with Crippen LogP contribution in [0.5, 0.6) is 0 Å². The van der Waals surface area contributed by atoms with Crippen molar-refractivity contribution in [2.45, 2.75) is 44.2 Å². The van der Waals surface area contributed by atoms with Crippen LogP contribution in [0.2, 0.25) is 0 Å². The zero-order chi connectivity index (χ0) is 12.9. The number of ketones is 1. The molecule has 96 valence electrons.